The zero-order valence-electron chi connectivity index (χ0n) is 12.2. The Morgan fingerprint density at radius 1 is 1.00 bits per heavy atom. The van der Waals surface area contributed by atoms with Crippen molar-refractivity contribution in [2.75, 3.05) is 4.72 Å². The van der Waals surface area contributed by atoms with E-state index < -0.39 is 15.8 Å². The maximum Gasteiger partial charge on any atom is 0.265 e. The van der Waals surface area contributed by atoms with E-state index in [4.69, 9.17) is 11.6 Å². The highest BCUT2D eigenvalue weighted by Crippen LogP contribution is 2.34. The zero-order chi connectivity index (χ0) is 16.6. The molecule has 0 fully saturated rings. The summed E-state index contributed by atoms with van der Waals surface area (Å²) in [4.78, 5) is -0.252. The fourth-order valence-corrected chi connectivity index (χ4v) is 3.92. The molecule has 0 amide bonds. The van der Waals surface area contributed by atoms with E-state index in [1.165, 1.54) is 18.2 Å². The number of sulfonamides is 1. The number of aryl methyl sites for hydroxylation is 1. The first-order valence-electron chi connectivity index (χ1n) is 6.89. The number of nitrogens with one attached hydrogen (secondary N) is 1. The van der Waals surface area contributed by atoms with Crippen molar-refractivity contribution in [3.8, 4) is 5.75 Å². The molecule has 6 heteroatoms. The molecule has 0 spiro atoms. The van der Waals surface area contributed by atoms with E-state index in [9.17, 15) is 13.5 Å². The standard InChI is InChI=1S/C17H14ClNO3S/c1-11-9-10-12-5-2-3-6-13(12)16(11)19-23(21,22)15-8-4-7-14(18)17(15)20/h2-10,19-20H,1H3. The molecular formula is C17H14ClNO3S. The summed E-state index contributed by atoms with van der Waals surface area (Å²) in [5, 5.41) is 11.6. The van der Waals surface area contributed by atoms with Crippen molar-refractivity contribution in [3.05, 3.63) is 65.2 Å². The summed E-state index contributed by atoms with van der Waals surface area (Å²) in [6.07, 6.45) is 0. The minimum absolute atomic E-state index is 0.0116. The van der Waals surface area contributed by atoms with Crippen LogP contribution in [0.4, 0.5) is 5.69 Å². The molecule has 2 N–H and O–H groups in total. The SMILES string of the molecule is Cc1ccc2ccccc2c1NS(=O)(=O)c1cccc(Cl)c1O. The summed E-state index contributed by atoms with van der Waals surface area (Å²) in [5.74, 6) is -0.459. The largest absolute Gasteiger partial charge is 0.505 e. The van der Waals surface area contributed by atoms with Gasteiger partial charge in [0.25, 0.3) is 10.0 Å². The van der Waals surface area contributed by atoms with Gasteiger partial charge in [-0.05, 0) is 30.0 Å². The molecule has 0 radical (unpaired) electrons. The van der Waals surface area contributed by atoms with Crippen molar-refractivity contribution in [3.63, 3.8) is 0 Å². The molecule has 23 heavy (non-hydrogen) atoms. The van der Waals surface area contributed by atoms with E-state index in [-0.39, 0.29) is 9.92 Å². The Morgan fingerprint density at radius 3 is 2.52 bits per heavy atom. The molecule has 3 aromatic carbocycles. The highest BCUT2D eigenvalue weighted by atomic mass is 35.5. The summed E-state index contributed by atoms with van der Waals surface area (Å²) in [5.41, 5.74) is 1.27. The normalized spacial score (nSPS) is 11.6. The van der Waals surface area contributed by atoms with E-state index in [0.29, 0.717) is 5.69 Å². The molecule has 0 unspecified atom stereocenters. The molecule has 0 bridgehead atoms. The van der Waals surface area contributed by atoms with Crippen molar-refractivity contribution in [1.82, 2.24) is 0 Å². The Morgan fingerprint density at radius 2 is 1.74 bits per heavy atom. The number of rotatable bonds is 3. The van der Waals surface area contributed by atoms with Gasteiger partial charge in [0.2, 0.25) is 0 Å². The Bertz CT molecular complexity index is 1000. The number of phenolic OH excluding ortho intramolecular Hbond substituents is 1. The first kappa shape index (κ1) is 15.6. The average Bonchev–Trinajstić information content (AvgIpc) is 2.52. The summed E-state index contributed by atoms with van der Waals surface area (Å²) < 4.78 is 27.8. The third-order valence-electron chi connectivity index (χ3n) is 3.61. The lowest BCUT2D eigenvalue weighted by Gasteiger charge is -2.14. The lowest BCUT2D eigenvalue weighted by Crippen LogP contribution is -2.14. The summed E-state index contributed by atoms with van der Waals surface area (Å²) in [6.45, 7) is 1.82. The second-order valence-electron chi connectivity index (χ2n) is 5.17. The van der Waals surface area contributed by atoms with Crippen LogP contribution < -0.4 is 4.72 Å². The Kier molecular flexibility index (Phi) is 3.92. The Hall–Kier alpha value is -2.24. The molecule has 0 aliphatic rings. The van der Waals surface area contributed by atoms with Crippen LogP contribution in [0, 0.1) is 6.92 Å². The van der Waals surface area contributed by atoms with Crippen molar-refractivity contribution < 1.29 is 13.5 Å². The summed E-state index contributed by atoms with van der Waals surface area (Å²) in [6, 6.07) is 15.5. The molecule has 118 valence electrons. The van der Waals surface area contributed by atoms with Crippen LogP contribution in [-0.4, -0.2) is 13.5 Å². The topological polar surface area (TPSA) is 66.4 Å². The van der Waals surface area contributed by atoms with Gasteiger partial charge in [-0.2, -0.15) is 0 Å². The summed E-state index contributed by atoms with van der Waals surface area (Å²) in [7, 11) is -3.96. The highest BCUT2D eigenvalue weighted by molar-refractivity contribution is 7.92. The molecule has 0 heterocycles. The van der Waals surface area contributed by atoms with Gasteiger partial charge >= 0.3 is 0 Å². The van der Waals surface area contributed by atoms with Crippen molar-refractivity contribution in [1.29, 1.82) is 0 Å². The third kappa shape index (κ3) is 2.85. The van der Waals surface area contributed by atoms with Gasteiger partial charge in [0.1, 0.15) is 4.90 Å². The van der Waals surface area contributed by atoms with Gasteiger partial charge in [0.15, 0.2) is 5.75 Å². The number of hydrogen-bond donors (Lipinski definition) is 2. The number of para-hydroxylation sites is 1. The van der Waals surface area contributed by atoms with E-state index in [1.807, 2.05) is 43.3 Å². The van der Waals surface area contributed by atoms with E-state index in [2.05, 4.69) is 4.72 Å². The monoisotopic (exact) mass is 347 g/mol. The predicted octanol–water partition coefficient (Wildman–Crippen LogP) is 4.31. The zero-order valence-corrected chi connectivity index (χ0v) is 13.8. The van der Waals surface area contributed by atoms with Gasteiger partial charge in [-0.15, -0.1) is 0 Å². The lowest BCUT2D eigenvalue weighted by atomic mass is 10.1. The van der Waals surface area contributed by atoms with E-state index in [1.54, 1.807) is 0 Å². The minimum Gasteiger partial charge on any atom is -0.505 e. The van der Waals surface area contributed by atoms with E-state index in [0.717, 1.165) is 16.3 Å². The smallest absolute Gasteiger partial charge is 0.265 e. The number of aromatic hydroxyl groups is 1. The van der Waals surface area contributed by atoms with Crippen LogP contribution in [0.5, 0.6) is 5.75 Å². The van der Waals surface area contributed by atoms with Crippen LogP contribution in [0.25, 0.3) is 10.8 Å². The molecule has 0 aliphatic carbocycles. The molecule has 0 saturated heterocycles. The number of hydrogen-bond acceptors (Lipinski definition) is 3. The van der Waals surface area contributed by atoms with Crippen LogP contribution in [0.15, 0.2) is 59.5 Å². The molecule has 4 nitrogen and oxygen atoms in total. The Balaban J connectivity index is 2.15. The first-order chi connectivity index (χ1) is 10.9. The van der Waals surface area contributed by atoms with Crippen LogP contribution in [0.1, 0.15) is 5.56 Å². The van der Waals surface area contributed by atoms with Crippen molar-refractivity contribution in [2.24, 2.45) is 0 Å². The molecule has 0 aromatic heterocycles. The lowest BCUT2D eigenvalue weighted by molar-refractivity contribution is 0.459. The van der Waals surface area contributed by atoms with Gasteiger partial charge in [0, 0.05) is 5.39 Å². The third-order valence-corrected chi connectivity index (χ3v) is 5.30. The van der Waals surface area contributed by atoms with E-state index >= 15 is 0 Å². The number of anilines is 1. The van der Waals surface area contributed by atoms with Crippen molar-refractivity contribution >= 4 is 38.1 Å². The van der Waals surface area contributed by atoms with Gasteiger partial charge in [0.05, 0.1) is 10.7 Å². The van der Waals surface area contributed by atoms with Crippen molar-refractivity contribution in [2.45, 2.75) is 11.8 Å². The van der Waals surface area contributed by atoms with Gasteiger partial charge < -0.3 is 5.11 Å². The second kappa shape index (κ2) is 5.76. The molecule has 0 atom stereocenters. The predicted molar refractivity (Wildman–Crippen MR) is 92.6 cm³/mol. The molecule has 0 saturated carbocycles. The van der Waals surface area contributed by atoms with Crippen LogP contribution in [-0.2, 0) is 10.0 Å². The van der Waals surface area contributed by atoms with Crippen LogP contribution >= 0.6 is 11.6 Å². The van der Waals surface area contributed by atoms with Gasteiger partial charge in [-0.25, -0.2) is 8.42 Å². The molecule has 0 aliphatic heterocycles. The van der Waals surface area contributed by atoms with Crippen LogP contribution in [0.2, 0.25) is 5.02 Å². The number of halogens is 1. The molecule has 3 rings (SSSR count). The second-order valence-corrected chi connectivity index (χ2v) is 7.23. The summed E-state index contributed by atoms with van der Waals surface area (Å²) >= 11 is 5.81. The fourth-order valence-electron chi connectivity index (χ4n) is 2.42. The molecular weight excluding hydrogens is 334 g/mol. The highest BCUT2D eigenvalue weighted by Gasteiger charge is 2.21. The fraction of sp³-hybridized carbons (Fsp3) is 0.0588. The van der Waals surface area contributed by atoms with Crippen LogP contribution in [0.3, 0.4) is 0 Å². The maximum absolute atomic E-state index is 12.6. The average molecular weight is 348 g/mol. The number of fused-ring (bicyclic) bond motifs is 1. The number of benzene rings is 3. The quantitative estimate of drug-likeness (QED) is 0.742. The molecule has 3 aromatic rings. The minimum atomic E-state index is -3.96. The first-order valence-corrected chi connectivity index (χ1v) is 8.75. The maximum atomic E-state index is 12.6. The van der Waals surface area contributed by atoms with Gasteiger partial charge in [-0.1, -0.05) is 54.1 Å². The Labute approximate surface area is 139 Å². The van der Waals surface area contributed by atoms with Gasteiger partial charge in [-0.3, -0.25) is 4.72 Å². The number of phenols is 1.